The van der Waals surface area contributed by atoms with E-state index in [1.807, 2.05) is 0 Å². The van der Waals surface area contributed by atoms with Crippen LogP contribution < -0.4 is 5.56 Å². The van der Waals surface area contributed by atoms with Gasteiger partial charge in [0.15, 0.2) is 0 Å². The Balaban J connectivity index is 1.43. The average Bonchev–Trinajstić information content (AvgIpc) is 2.55. The Bertz CT molecular complexity index is 487. The van der Waals surface area contributed by atoms with Crippen LogP contribution in [0.2, 0.25) is 0 Å². The van der Waals surface area contributed by atoms with Crippen molar-refractivity contribution in [3.63, 3.8) is 0 Å². The minimum Gasteiger partial charge on any atom is -0.299 e. The summed E-state index contributed by atoms with van der Waals surface area (Å²) in [7, 11) is 0. The highest BCUT2D eigenvalue weighted by molar-refractivity contribution is 4.85. The van der Waals surface area contributed by atoms with Crippen LogP contribution in [0.4, 0.5) is 0 Å². The molecule has 3 rings (SSSR count). The smallest absolute Gasteiger partial charge is 0.266 e. The Kier molecular flexibility index (Phi) is 5.04. The number of nitrogens with zero attached hydrogens (tertiary/aromatic N) is 4. The van der Waals surface area contributed by atoms with Crippen LogP contribution in [-0.2, 0) is 6.54 Å². The summed E-state index contributed by atoms with van der Waals surface area (Å²) in [5, 5.41) is 4.12. The quantitative estimate of drug-likeness (QED) is 0.835. The first-order chi connectivity index (χ1) is 10.3. The van der Waals surface area contributed by atoms with Crippen molar-refractivity contribution in [2.75, 3.05) is 32.7 Å². The molecule has 0 spiro atoms. The van der Waals surface area contributed by atoms with Gasteiger partial charge in [0.05, 0.1) is 6.54 Å². The van der Waals surface area contributed by atoms with Crippen LogP contribution in [0.5, 0.6) is 0 Å². The van der Waals surface area contributed by atoms with Crippen LogP contribution in [-0.4, -0.2) is 58.3 Å². The summed E-state index contributed by atoms with van der Waals surface area (Å²) in [4.78, 5) is 16.8. The number of rotatable bonds is 4. The van der Waals surface area contributed by atoms with Crippen molar-refractivity contribution in [1.29, 1.82) is 0 Å². The molecule has 5 nitrogen and oxygen atoms in total. The summed E-state index contributed by atoms with van der Waals surface area (Å²) in [6.45, 7) is 6.23. The van der Waals surface area contributed by atoms with Crippen molar-refractivity contribution in [2.45, 2.75) is 44.7 Å². The number of hydrogen-bond acceptors (Lipinski definition) is 4. The Morgan fingerprint density at radius 1 is 1.05 bits per heavy atom. The van der Waals surface area contributed by atoms with Gasteiger partial charge < -0.3 is 0 Å². The van der Waals surface area contributed by atoms with Gasteiger partial charge in [-0.2, -0.15) is 5.10 Å². The summed E-state index contributed by atoms with van der Waals surface area (Å²) >= 11 is 0. The zero-order chi connectivity index (χ0) is 14.5. The van der Waals surface area contributed by atoms with Gasteiger partial charge in [0.1, 0.15) is 0 Å². The lowest BCUT2D eigenvalue weighted by molar-refractivity contribution is 0.0766. The third-order valence-corrected chi connectivity index (χ3v) is 4.91. The maximum atomic E-state index is 11.6. The molecule has 2 aliphatic rings. The lowest BCUT2D eigenvalue weighted by atomic mass is 9.94. The highest BCUT2D eigenvalue weighted by Gasteiger charge is 2.24. The second kappa shape index (κ2) is 7.18. The van der Waals surface area contributed by atoms with E-state index in [0.717, 1.165) is 25.7 Å². The van der Waals surface area contributed by atoms with Crippen LogP contribution in [0, 0.1) is 0 Å². The largest absolute Gasteiger partial charge is 0.299 e. The number of aromatic nitrogens is 2. The second-order valence-electron chi connectivity index (χ2n) is 6.25. The van der Waals surface area contributed by atoms with E-state index in [-0.39, 0.29) is 5.56 Å². The van der Waals surface area contributed by atoms with Gasteiger partial charge >= 0.3 is 0 Å². The van der Waals surface area contributed by atoms with Gasteiger partial charge in [-0.1, -0.05) is 19.3 Å². The Morgan fingerprint density at radius 2 is 1.81 bits per heavy atom. The van der Waals surface area contributed by atoms with Gasteiger partial charge in [-0.3, -0.25) is 14.6 Å². The fourth-order valence-electron chi connectivity index (χ4n) is 3.59. The zero-order valence-electron chi connectivity index (χ0n) is 12.8. The number of piperazine rings is 1. The molecule has 0 radical (unpaired) electrons. The number of hydrogen-bond donors (Lipinski definition) is 0. The highest BCUT2D eigenvalue weighted by atomic mass is 16.1. The topological polar surface area (TPSA) is 41.4 Å². The maximum Gasteiger partial charge on any atom is 0.266 e. The molecule has 0 bridgehead atoms. The van der Waals surface area contributed by atoms with E-state index in [1.165, 1.54) is 45.2 Å². The third kappa shape index (κ3) is 3.92. The lowest BCUT2D eigenvalue weighted by Gasteiger charge is -2.40. The summed E-state index contributed by atoms with van der Waals surface area (Å²) in [5.41, 5.74) is -0.00154. The minimum atomic E-state index is -0.00154. The summed E-state index contributed by atoms with van der Waals surface area (Å²) in [6.07, 6.45) is 8.71. The fraction of sp³-hybridized carbons (Fsp3) is 0.750. The van der Waals surface area contributed by atoms with Gasteiger partial charge in [0.25, 0.3) is 5.56 Å². The molecule has 0 unspecified atom stereocenters. The molecule has 0 atom stereocenters. The predicted molar refractivity (Wildman–Crippen MR) is 83.4 cm³/mol. The molecule has 1 aliphatic carbocycles. The highest BCUT2D eigenvalue weighted by Crippen LogP contribution is 2.23. The van der Waals surface area contributed by atoms with Gasteiger partial charge in [-0.15, -0.1) is 0 Å². The molecule has 1 saturated carbocycles. The van der Waals surface area contributed by atoms with Crippen molar-refractivity contribution in [1.82, 2.24) is 19.6 Å². The molecule has 0 aromatic carbocycles. The molecule has 2 heterocycles. The van der Waals surface area contributed by atoms with E-state index in [4.69, 9.17) is 0 Å². The normalized spacial score (nSPS) is 22.5. The molecule has 5 heteroatoms. The van der Waals surface area contributed by atoms with E-state index in [1.54, 1.807) is 23.0 Å². The van der Waals surface area contributed by atoms with Gasteiger partial charge in [0, 0.05) is 51.0 Å². The van der Waals surface area contributed by atoms with Crippen molar-refractivity contribution >= 4 is 0 Å². The van der Waals surface area contributed by atoms with Gasteiger partial charge in [-0.05, 0) is 18.9 Å². The average molecular weight is 290 g/mol. The van der Waals surface area contributed by atoms with Crippen molar-refractivity contribution in [3.05, 3.63) is 28.7 Å². The molecule has 21 heavy (non-hydrogen) atoms. The summed E-state index contributed by atoms with van der Waals surface area (Å²) < 4.78 is 1.56. The predicted octanol–water partition coefficient (Wildman–Crippen LogP) is 1.19. The second-order valence-corrected chi connectivity index (χ2v) is 6.25. The first-order valence-corrected chi connectivity index (χ1v) is 8.31. The van der Waals surface area contributed by atoms with Crippen molar-refractivity contribution in [2.24, 2.45) is 0 Å². The van der Waals surface area contributed by atoms with Crippen molar-refractivity contribution < 1.29 is 0 Å². The van der Waals surface area contributed by atoms with E-state index in [9.17, 15) is 4.79 Å². The molecule has 0 N–H and O–H groups in total. The monoisotopic (exact) mass is 290 g/mol. The molecule has 1 saturated heterocycles. The molecule has 2 fully saturated rings. The first-order valence-electron chi connectivity index (χ1n) is 8.31. The van der Waals surface area contributed by atoms with E-state index in [2.05, 4.69) is 14.9 Å². The zero-order valence-corrected chi connectivity index (χ0v) is 12.8. The molecule has 1 aromatic rings. The molecule has 1 aromatic heterocycles. The SMILES string of the molecule is O=c1cccnn1CCN1CCN(C2CCCCC2)CC1. The first kappa shape index (κ1) is 14.7. The van der Waals surface area contributed by atoms with E-state index < -0.39 is 0 Å². The Hall–Kier alpha value is -1.20. The maximum absolute atomic E-state index is 11.6. The van der Waals surface area contributed by atoms with E-state index in [0.29, 0.717) is 6.54 Å². The molecular weight excluding hydrogens is 264 g/mol. The molecule has 1 aliphatic heterocycles. The van der Waals surface area contributed by atoms with Crippen molar-refractivity contribution in [3.8, 4) is 0 Å². The fourth-order valence-corrected chi connectivity index (χ4v) is 3.59. The summed E-state index contributed by atoms with van der Waals surface area (Å²) in [6, 6.07) is 4.11. The third-order valence-electron chi connectivity index (χ3n) is 4.91. The molecular formula is C16H26N4O. The standard InChI is InChI=1S/C16H26N4O/c21-16-7-4-8-17-20(16)14-11-18-9-12-19(13-10-18)15-5-2-1-3-6-15/h4,7-8,15H,1-3,5-6,9-14H2. The van der Waals surface area contributed by atoms with Crippen LogP contribution >= 0.6 is 0 Å². The molecule has 0 amide bonds. The van der Waals surface area contributed by atoms with Gasteiger partial charge in [0.2, 0.25) is 0 Å². The Morgan fingerprint density at radius 3 is 2.52 bits per heavy atom. The van der Waals surface area contributed by atoms with E-state index >= 15 is 0 Å². The van der Waals surface area contributed by atoms with Crippen LogP contribution in [0.25, 0.3) is 0 Å². The molecule has 116 valence electrons. The lowest BCUT2D eigenvalue weighted by Crippen LogP contribution is -2.51. The van der Waals surface area contributed by atoms with Gasteiger partial charge in [-0.25, -0.2) is 4.68 Å². The Labute approximate surface area is 126 Å². The van der Waals surface area contributed by atoms with Crippen LogP contribution in [0.3, 0.4) is 0 Å². The van der Waals surface area contributed by atoms with Crippen LogP contribution in [0.1, 0.15) is 32.1 Å². The minimum absolute atomic E-state index is 0.00154. The van der Waals surface area contributed by atoms with Crippen LogP contribution in [0.15, 0.2) is 23.1 Å². The summed E-state index contributed by atoms with van der Waals surface area (Å²) in [5.74, 6) is 0.